The Kier molecular flexibility index (Phi) is 5.90. The van der Waals surface area contributed by atoms with Gasteiger partial charge < -0.3 is 5.11 Å². The van der Waals surface area contributed by atoms with Gasteiger partial charge in [0.15, 0.2) is 5.78 Å². The SMILES string of the molecule is O=C(O)CCC(=O)c1ccc(S(=O)(=O)N2CCC(c3ccc(F)cc3)C2)cc1. The highest BCUT2D eigenvalue weighted by Gasteiger charge is 2.33. The standard InChI is InChI=1S/C20H20FNO5S/c21-17-5-1-14(2-6-17)16-11-12-22(13-16)28(26,27)18-7-3-15(4-8-18)19(23)9-10-20(24)25/h1-8,16H,9-13H2,(H,24,25). The maximum Gasteiger partial charge on any atom is 0.303 e. The molecule has 1 saturated heterocycles. The van der Waals surface area contributed by atoms with Gasteiger partial charge in [0.2, 0.25) is 10.0 Å². The molecule has 0 aliphatic carbocycles. The molecule has 3 rings (SSSR count). The zero-order valence-electron chi connectivity index (χ0n) is 15.0. The van der Waals surface area contributed by atoms with Crippen LogP contribution in [0.1, 0.15) is 41.1 Å². The first kappa shape index (κ1) is 20.2. The van der Waals surface area contributed by atoms with Gasteiger partial charge in [-0.05, 0) is 42.2 Å². The van der Waals surface area contributed by atoms with Crippen molar-refractivity contribution in [2.24, 2.45) is 0 Å². The summed E-state index contributed by atoms with van der Waals surface area (Å²) >= 11 is 0. The molecule has 1 fully saturated rings. The fourth-order valence-corrected chi connectivity index (χ4v) is 4.78. The highest BCUT2D eigenvalue weighted by Crippen LogP contribution is 2.31. The predicted molar refractivity (Wildman–Crippen MR) is 100 cm³/mol. The molecule has 2 aromatic carbocycles. The van der Waals surface area contributed by atoms with Crippen LogP contribution in [0.2, 0.25) is 0 Å². The highest BCUT2D eigenvalue weighted by molar-refractivity contribution is 7.89. The van der Waals surface area contributed by atoms with E-state index in [0.29, 0.717) is 19.5 Å². The zero-order chi connectivity index (χ0) is 20.3. The summed E-state index contributed by atoms with van der Waals surface area (Å²) in [7, 11) is -3.70. The zero-order valence-corrected chi connectivity index (χ0v) is 15.9. The Hall–Kier alpha value is -2.58. The molecule has 0 bridgehead atoms. The average molecular weight is 405 g/mol. The molecule has 1 aliphatic rings. The lowest BCUT2D eigenvalue weighted by Gasteiger charge is -2.17. The maximum atomic E-state index is 13.1. The Balaban J connectivity index is 1.70. The van der Waals surface area contributed by atoms with Crippen LogP contribution in [-0.4, -0.2) is 42.7 Å². The third-order valence-corrected chi connectivity index (χ3v) is 6.75. The van der Waals surface area contributed by atoms with Crippen LogP contribution in [-0.2, 0) is 14.8 Å². The van der Waals surface area contributed by atoms with E-state index in [1.165, 1.54) is 40.7 Å². The molecule has 1 aliphatic heterocycles. The molecule has 0 radical (unpaired) electrons. The van der Waals surface area contributed by atoms with E-state index in [2.05, 4.69) is 0 Å². The normalized spacial score (nSPS) is 17.5. The van der Waals surface area contributed by atoms with Crippen molar-refractivity contribution in [1.82, 2.24) is 4.31 Å². The van der Waals surface area contributed by atoms with Crippen molar-refractivity contribution in [3.63, 3.8) is 0 Å². The van der Waals surface area contributed by atoms with Crippen molar-refractivity contribution in [2.45, 2.75) is 30.1 Å². The lowest BCUT2D eigenvalue weighted by Crippen LogP contribution is -2.28. The third-order valence-electron chi connectivity index (χ3n) is 4.87. The molecule has 2 aromatic rings. The number of carbonyl (C=O) groups excluding carboxylic acids is 1. The topological polar surface area (TPSA) is 91.7 Å². The molecule has 0 spiro atoms. The largest absolute Gasteiger partial charge is 0.481 e. The first-order valence-corrected chi connectivity index (χ1v) is 10.3. The fourth-order valence-electron chi connectivity index (χ4n) is 3.28. The van der Waals surface area contributed by atoms with Gasteiger partial charge in [-0.15, -0.1) is 0 Å². The van der Waals surface area contributed by atoms with Gasteiger partial charge in [0, 0.05) is 25.1 Å². The number of ketones is 1. The minimum atomic E-state index is -3.70. The fraction of sp³-hybridized carbons (Fsp3) is 0.300. The Bertz CT molecular complexity index is 971. The number of Topliss-reactive ketones (excluding diaryl/α,β-unsaturated/α-hetero) is 1. The van der Waals surface area contributed by atoms with E-state index in [-0.39, 0.29) is 40.8 Å². The molecule has 8 heteroatoms. The molecular formula is C20H20FNO5S. The summed E-state index contributed by atoms with van der Waals surface area (Å²) in [6, 6.07) is 11.6. The quantitative estimate of drug-likeness (QED) is 0.715. The van der Waals surface area contributed by atoms with Gasteiger partial charge in [-0.3, -0.25) is 9.59 Å². The van der Waals surface area contributed by atoms with E-state index in [1.807, 2.05) is 0 Å². The van der Waals surface area contributed by atoms with E-state index in [4.69, 9.17) is 5.11 Å². The van der Waals surface area contributed by atoms with Crippen LogP contribution in [0.3, 0.4) is 0 Å². The summed E-state index contributed by atoms with van der Waals surface area (Å²) in [4.78, 5) is 22.6. The van der Waals surface area contributed by atoms with Gasteiger partial charge >= 0.3 is 5.97 Å². The molecule has 148 valence electrons. The lowest BCUT2D eigenvalue weighted by molar-refractivity contribution is -0.136. The molecule has 1 heterocycles. The molecule has 0 amide bonds. The van der Waals surface area contributed by atoms with E-state index >= 15 is 0 Å². The van der Waals surface area contributed by atoms with E-state index in [9.17, 15) is 22.4 Å². The second-order valence-corrected chi connectivity index (χ2v) is 8.68. The molecule has 1 unspecified atom stereocenters. The van der Waals surface area contributed by atoms with Crippen molar-refractivity contribution >= 4 is 21.8 Å². The minimum absolute atomic E-state index is 0.00671. The van der Waals surface area contributed by atoms with Crippen LogP contribution in [0.25, 0.3) is 0 Å². The summed E-state index contributed by atoms with van der Waals surface area (Å²) in [6.07, 6.45) is 0.251. The molecule has 1 atom stereocenters. The van der Waals surface area contributed by atoms with Gasteiger partial charge in [0.05, 0.1) is 11.3 Å². The number of carboxylic acid groups (broad SMARTS) is 1. The molecule has 0 saturated carbocycles. The van der Waals surface area contributed by atoms with Crippen LogP contribution in [0, 0.1) is 5.82 Å². The summed E-state index contributed by atoms with van der Waals surface area (Å²) in [5.74, 6) is -1.72. The highest BCUT2D eigenvalue weighted by atomic mass is 32.2. The van der Waals surface area contributed by atoms with E-state index in [0.717, 1.165) is 5.56 Å². The van der Waals surface area contributed by atoms with Gasteiger partial charge in [-0.25, -0.2) is 12.8 Å². The van der Waals surface area contributed by atoms with Crippen molar-refractivity contribution in [3.8, 4) is 0 Å². The van der Waals surface area contributed by atoms with Crippen LogP contribution in [0.5, 0.6) is 0 Å². The predicted octanol–water partition coefficient (Wildman–Crippen LogP) is 3.05. The van der Waals surface area contributed by atoms with Crippen molar-refractivity contribution in [3.05, 3.63) is 65.5 Å². The van der Waals surface area contributed by atoms with Crippen LogP contribution < -0.4 is 0 Å². The maximum absolute atomic E-state index is 13.1. The number of halogens is 1. The first-order valence-electron chi connectivity index (χ1n) is 8.88. The second kappa shape index (κ2) is 8.20. The Labute approximate surface area is 162 Å². The third kappa shape index (κ3) is 4.45. The molecule has 6 nitrogen and oxygen atoms in total. The number of rotatable bonds is 7. The first-order chi connectivity index (χ1) is 13.3. The second-order valence-electron chi connectivity index (χ2n) is 6.74. The summed E-state index contributed by atoms with van der Waals surface area (Å²) in [6.45, 7) is 0.678. The molecule has 28 heavy (non-hydrogen) atoms. The number of hydrogen-bond acceptors (Lipinski definition) is 4. The van der Waals surface area contributed by atoms with Crippen molar-refractivity contribution in [1.29, 1.82) is 0 Å². The van der Waals surface area contributed by atoms with Crippen molar-refractivity contribution in [2.75, 3.05) is 13.1 Å². The monoisotopic (exact) mass is 405 g/mol. The molecule has 1 N–H and O–H groups in total. The Morgan fingerprint density at radius 3 is 2.29 bits per heavy atom. The van der Waals surface area contributed by atoms with Crippen LogP contribution >= 0.6 is 0 Å². The molecule has 0 aromatic heterocycles. The summed E-state index contributed by atoms with van der Waals surface area (Å²) in [5.41, 5.74) is 1.18. The number of hydrogen-bond donors (Lipinski definition) is 1. The van der Waals surface area contributed by atoms with Gasteiger partial charge in [0.25, 0.3) is 0 Å². The number of carbonyl (C=O) groups is 2. The van der Waals surface area contributed by atoms with E-state index < -0.39 is 16.0 Å². The lowest BCUT2D eigenvalue weighted by atomic mass is 9.99. The Morgan fingerprint density at radius 1 is 1.04 bits per heavy atom. The number of sulfonamides is 1. The van der Waals surface area contributed by atoms with E-state index in [1.54, 1.807) is 12.1 Å². The van der Waals surface area contributed by atoms with Crippen molar-refractivity contribution < 1.29 is 27.5 Å². The Morgan fingerprint density at radius 2 is 1.68 bits per heavy atom. The smallest absolute Gasteiger partial charge is 0.303 e. The van der Waals surface area contributed by atoms with Gasteiger partial charge in [-0.2, -0.15) is 4.31 Å². The number of nitrogens with zero attached hydrogens (tertiary/aromatic N) is 1. The number of carboxylic acids is 1. The van der Waals surface area contributed by atoms with Gasteiger partial charge in [-0.1, -0.05) is 24.3 Å². The number of aliphatic carboxylic acids is 1. The average Bonchev–Trinajstić information content (AvgIpc) is 3.18. The minimum Gasteiger partial charge on any atom is -0.481 e. The van der Waals surface area contributed by atoms with Gasteiger partial charge in [0.1, 0.15) is 5.82 Å². The van der Waals surface area contributed by atoms with Crippen LogP contribution in [0.4, 0.5) is 4.39 Å². The summed E-state index contributed by atoms with van der Waals surface area (Å²) in [5, 5.41) is 8.64. The number of benzene rings is 2. The molecular weight excluding hydrogens is 385 g/mol. The van der Waals surface area contributed by atoms with Crippen LogP contribution in [0.15, 0.2) is 53.4 Å². The summed E-state index contributed by atoms with van der Waals surface area (Å²) < 4.78 is 40.2.